The van der Waals surface area contributed by atoms with Crippen LogP contribution in [0.25, 0.3) is 5.57 Å². The van der Waals surface area contributed by atoms with Crippen LogP contribution in [0.1, 0.15) is 42.9 Å². The Labute approximate surface area is 101 Å². The van der Waals surface area contributed by atoms with Crippen LogP contribution in [-0.4, -0.2) is 12.6 Å². The van der Waals surface area contributed by atoms with E-state index in [1.54, 1.807) is 0 Å². The fourth-order valence-electron chi connectivity index (χ4n) is 2.51. The predicted molar refractivity (Wildman–Crippen MR) is 67.9 cm³/mol. The first kappa shape index (κ1) is 11.8. The average molecular weight is 228 g/mol. The van der Waals surface area contributed by atoms with E-state index in [4.69, 9.17) is 0 Å². The van der Waals surface area contributed by atoms with Gasteiger partial charge in [0.15, 0.2) is 6.29 Å². The Morgan fingerprint density at radius 1 is 1.12 bits per heavy atom. The lowest BCUT2D eigenvalue weighted by atomic mass is 9.81. The monoisotopic (exact) mass is 228 g/mol. The second-order valence-corrected chi connectivity index (χ2v) is 4.70. The van der Waals surface area contributed by atoms with Gasteiger partial charge >= 0.3 is 0 Å². The summed E-state index contributed by atoms with van der Waals surface area (Å²) in [7, 11) is 0. The van der Waals surface area contributed by atoms with Gasteiger partial charge in [-0.1, -0.05) is 32.0 Å². The summed E-state index contributed by atoms with van der Waals surface area (Å²) in [6.07, 6.45) is 3.16. The molecule has 0 bridgehead atoms. The molecule has 2 nitrogen and oxygen atoms in total. The average Bonchev–Trinajstić information content (AvgIpc) is 2.36. The molecule has 0 fully saturated rings. The van der Waals surface area contributed by atoms with E-state index >= 15 is 0 Å². The molecule has 2 heteroatoms. The van der Waals surface area contributed by atoms with Crippen LogP contribution in [-0.2, 0) is 16.0 Å². The molecule has 1 aromatic carbocycles. The Kier molecular flexibility index (Phi) is 3.23. The minimum Gasteiger partial charge on any atom is -0.298 e. The number of benzene rings is 1. The summed E-state index contributed by atoms with van der Waals surface area (Å²) in [5.74, 6) is 0.440. The lowest BCUT2D eigenvalue weighted by molar-refractivity contribution is -0.106. The molecule has 0 spiro atoms. The summed E-state index contributed by atoms with van der Waals surface area (Å²) in [6, 6.07) is 6.01. The fraction of sp³-hybridized carbons (Fsp3) is 0.333. The standard InChI is InChI=1S/C15H16O2/c1-10(2)12-4-3-5-13-14(12)7-6-11(8-16)15(13)9-17/h3-5,8-10H,6-7H2,1-2H3. The Morgan fingerprint density at radius 3 is 2.47 bits per heavy atom. The molecular formula is C15H16O2. The summed E-state index contributed by atoms with van der Waals surface area (Å²) in [5, 5.41) is 0. The molecule has 1 aliphatic carbocycles. The van der Waals surface area contributed by atoms with Crippen molar-refractivity contribution in [3.8, 4) is 0 Å². The van der Waals surface area contributed by atoms with E-state index in [9.17, 15) is 9.59 Å². The molecular weight excluding hydrogens is 212 g/mol. The van der Waals surface area contributed by atoms with Gasteiger partial charge in [-0.15, -0.1) is 0 Å². The summed E-state index contributed by atoms with van der Waals surface area (Å²) < 4.78 is 0. The SMILES string of the molecule is CC(C)c1cccc2c1CCC(C=O)=C2C=O. The van der Waals surface area contributed by atoms with E-state index in [0.717, 1.165) is 24.6 Å². The van der Waals surface area contributed by atoms with E-state index in [1.807, 2.05) is 12.1 Å². The van der Waals surface area contributed by atoms with Crippen molar-refractivity contribution in [1.29, 1.82) is 0 Å². The number of fused-ring (bicyclic) bond motifs is 1. The van der Waals surface area contributed by atoms with Crippen LogP contribution in [0.2, 0.25) is 0 Å². The lowest BCUT2D eigenvalue weighted by Gasteiger charge is -2.22. The third-order valence-corrected chi connectivity index (χ3v) is 3.37. The summed E-state index contributed by atoms with van der Waals surface area (Å²) in [5.41, 5.74) is 4.67. The van der Waals surface area contributed by atoms with Crippen molar-refractivity contribution < 1.29 is 9.59 Å². The van der Waals surface area contributed by atoms with E-state index in [1.165, 1.54) is 11.1 Å². The van der Waals surface area contributed by atoms with Crippen LogP contribution in [0.5, 0.6) is 0 Å². The Bertz CT molecular complexity index is 496. The fourth-order valence-corrected chi connectivity index (χ4v) is 2.51. The Hall–Kier alpha value is -1.70. The molecule has 1 aromatic rings. The minimum atomic E-state index is 0.440. The number of hydrogen-bond donors (Lipinski definition) is 0. The van der Waals surface area contributed by atoms with E-state index in [2.05, 4.69) is 19.9 Å². The second-order valence-electron chi connectivity index (χ2n) is 4.70. The maximum Gasteiger partial charge on any atom is 0.151 e. The van der Waals surface area contributed by atoms with Crippen molar-refractivity contribution in [2.75, 3.05) is 0 Å². The molecule has 0 heterocycles. The Morgan fingerprint density at radius 2 is 1.88 bits per heavy atom. The van der Waals surface area contributed by atoms with Crippen LogP contribution in [0.4, 0.5) is 0 Å². The third-order valence-electron chi connectivity index (χ3n) is 3.37. The van der Waals surface area contributed by atoms with Crippen molar-refractivity contribution in [2.45, 2.75) is 32.6 Å². The normalized spacial score (nSPS) is 14.8. The number of carbonyl (C=O) groups is 2. The molecule has 0 unspecified atom stereocenters. The number of allylic oxidation sites excluding steroid dienone is 2. The predicted octanol–water partition coefficient (Wildman–Crippen LogP) is 2.91. The summed E-state index contributed by atoms with van der Waals surface area (Å²) in [6.45, 7) is 4.30. The van der Waals surface area contributed by atoms with Crippen molar-refractivity contribution in [2.24, 2.45) is 0 Å². The van der Waals surface area contributed by atoms with Gasteiger partial charge in [0.2, 0.25) is 0 Å². The van der Waals surface area contributed by atoms with Crippen molar-refractivity contribution in [3.63, 3.8) is 0 Å². The van der Waals surface area contributed by atoms with Gasteiger partial charge in [0.1, 0.15) is 6.29 Å². The molecule has 0 atom stereocenters. The third kappa shape index (κ3) is 1.95. The van der Waals surface area contributed by atoms with Gasteiger partial charge in [0.05, 0.1) is 0 Å². The van der Waals surface area contributed by atoms with E-state index < -0.39 is 0 Å². The van der Waals surface area contributed by atoms with E-state index in [-0.39, 0.29) is 0 Å². The maximum atomic E-state index is 11.2. The quantitative estimate of drug-likeness (QED) is 0.745. The first-order valence-electron chi connectivity index (χ1n) is 5.94. The molecule has 0 aromatic heterocycles. The Balaban J connectivity index is 2.65. The maximum absolute atomic E-state index is 11.2. The number of aldehydes is 2. The van der Waals surface area contributed by atoms with Gasteiger partial charge in [-0.25, -0.2) is 0 Å². The van der Waals surface area contributed by atoms with Crippen LogP contribution < -0.4 is 0 Å². The molecule has 88 valence electrons. The van der Waals surface area contributed by atoms with Crippen LogP contribution in [0, 0.1) is 0 Å². The van der Waals surface area contributed by atoms with Gasteiger partial charge in [-0.2, -0.15) is 0 Å². The number of rotatable bonds is 3. The van der Waals surface area contributed by atoms with E-state index in [0.29, 0.717) is 23.5 Å². The molecule has 0 saturated heterocycles. The smallest absolute Gasteiger partial charge is 0.151 e. The van der Waals surface area contributed by atoms with Gasteiger partial charge in [-0.05, 0) is 35.4 Å². The minimum absolute atomic E-state index is 0.440. The van der Waals surface area contributed by atoms with Gasteiger partial charge in [0.25, 0.3) is 0 Å². The zero-order valence-corrected chi connectivity index (χ0v) is 10.2. The largest absolute Gasteiger partial charge is 0.298 e. The number of carbonyl (C=O) groups excluding carboxylic acids is 2. The number of hydrogen-bond acceptors (Lipinski definition) is 2. The van der Waals surface area contributed by atoms with Gasteiger partial charge < -0.3 is 0 Å². The molecule has 1 aliphatic rings. The molecule has 0 saturated carbocycles. The first-order chi connectivity index (χ1) is 8.19. The molecule has 0 aliphatic heterocycles. The topological polar surface area (TPSA) is 34.1 Å². The van der Waals surface area contributed by atoms with Gasteiger partial charge in [-0.3, -0.25) is 9.59 Å². The molecule has 0 amide bonds. The molecule has 17 heavy (non-hydrogen) atoms. The zero-order chi connectivity index (χ0) is 12.4. The highest BCUT2D eigenvalue weighted by Gasteiger charge is 2.21. The highest BCUT2D eigenvalue weighted by Crippen LogP contribution is 2.33. The van der Waals surface area contributed by atoms with Crippen LogP contribution in [0.3, 0.4) is 0 Å². The molecule has 0 N–H and O–H groups in total. The highest BCUT2D eigenvalue weighted by atomic mass is 16.1. The highest BCUT2D eigenvalue weighted by molar-refractivity contribution is 6.14. The lowest BCUT2D eigenvalue weighted by Crippen LogP contribution is -2.10. The first-order valence-corrected chi connectivity index (χ1v) is 5.94. The summed E-state index contributed by atoms with van der Waals surface area (Å²) in [4.78, 5) is 22.1. The van der Waals surface area contributed by atoms with Crippen molar-refractivity contribution in [3.05, 3.63) is 40.5 Å². The summed E-state index contributed by atoms with van der Waals surface area (Å²) >= 11 is 0. The second kappa shape index (κ2) is 4.66. The molecule has 0 radical (unpaired) electrons. The molecule has 2 rings (SSSR count). The van der Waals surface area contributed by atoms with Crippen molar-refractivity contribution >= 4 is 18.1 Å². The zero-order valence-electron chi connectivity index (χ0n) is 10.2. The van der Waals surface area contributed by atoms with Crippen molar-refractivity contribution in [1.82, 2.24) is 0 Å². The van der Waals surface area contributed by atoms with Gasteiger partial charge in [0, 0.05) is 11.1 Å². The van der Waals surface area contributed by atoms with Crippen LogP contribution in [0.15, 0.2) is 23.8 Å². The van der Waals surface area contributed by atoms with Crippen LogP contribution >= 0.6 is 0 Å².